The molecule has 0 aliphatic heterocycles. The number of hydrogen-bond acceptors (Lipinski definition) is 4. The van der Waals surface area contributed by atoms with Crippen LogP contribution < -0.4 is 18.9 Å². The molecule has 13 rings (SSSR count). The van der Waals surface area contributed by atoms with Crippen molar-refractivity contribution in [2.24, 2.45) is 0 Å². The van der Waals surface area contributed by atoms with Gasteiger partial charge in [-0.3, -0.25) is 0 Å². The summed E-state index contributed by atoms with van der Waals surface area (Å²) in [6.45, 7) is 32.0. The third-order valence-corrected chi connectivity index (χ3v) is 18.4. The van der Waals surface area contributed by atoms with Crippen LogP contribution in [0, 0.1) is 55.4 Å². The molecule has 0 N–H and O–H groups in total. The van der Waals surface area contributed by atoms with E-state index in [2.05, 4.69) is 218 Å². The third-order valence-electron chi connectivity index (χ3n) is 18.4. The zero-order chi connectivity index (χ0) is 57.9. The first-order chi connectivity index (χ1) is 39.0. The van der Waals surface area contributed by atoms with E-state index in [9.17, 15) is 0 Å². The highest BCUT2D eigenvalue weighted by Crippen LogP contribution is 2.54. The number of fused-ring (bicyclic) bond motifs is 4. The van der Waals surface area contributed by atoms with E-state index in [1.54, 1.807) is 28.4 Å². The average Bonchev–Trinajstić information content (AvgIpc) is 1.84. The Balaban J connectivity index is 1.31. The lowest BCUT2D eigenvalue weighted by Crippen LogP contribution is -2.11. The molecule has 0 saturated carbocycles. The van der Waals surface area contributed by atoms with Crippen LogP contribution in [0.1, 0.15) is 97.2 Å². The molecule has 4 nitrogen and oxygen atoms in total. The predicted octanol–water partition coefficient (Wildman–Crippen LogP) is 21.6. The second kappa shape index (κ2) is 18.6. The summed E-state index contributed by atoms with van der Waals surface area (Å²) >= 11 is 0. The van der Waals surface area contributed by atoms with Crippen LogP contribution in [0.2, 0.25) is 0 Å². The molecule has 4 heteroatoms. The van der Waals surface area contributed by atoms with Crippen LogP contribution in [0.3, 0.4) is 0 Å². The van der Waals surface area contributed by atoms with Gasteiger partial charge in [0.2, 0.25) is 0 Å². The molecule has 410 valence electrons. The van der Waals surface area contributed by atoms with Crippen molar-refractivity contribution in [2.45, 2.75) is 108 Å². The molecule has 0 aliphatic carbocycles. The topological polar surface area (TPSA) is 36.9 Å². The maximum absolute atomic E-state index is 5.95. The van der Waals surface area contributed by atoms with Gasteiger partial charge in [0.25, 0.3) is 0 Å². The Kier molecular flexibility index (Phi) is 12.0. The van der Waals surface area contributed by atoms with Gasteiger partial charge in [-0.05, 0) is 350 Å². The van der Waals surface area contributed by atoms with Crippen LogP contribution in [0.15, 0.2) is 121 Å². The van der Waals surface area contributed by atoms with E-state index < -0.39 is 0 Å². The van der Waals surface area contributed by atoms with Gasteiger partial charge in [-0.1, -0.05) is 65.8 Å². The summed E-state index contributed by atoms with van der Waals surface area (Å²) in [6.07, 6.45) is 0. The molecule has 0 spiro atoms. The summed E-state index contributed by atoms with van der Waals surface area (Å²) in [5.74, 6) is 3.47. The first-order valence-corrected chi connectivity index (χ1v) is 29.0. The number of ether oxygens (including phenoxy) is 4. The van der Waals surface area contributed by atoms with Gasteiger partial charge in [0, 0.05) is 0 Å². The van der Waals surface area contributed by atoms with Crippen LogP contribution >= 0.6 is 0 Å². The molecular weight excluding hydrogens is 1000 g/mol. The number of benzene rings is 13. The molecule has 0 bridgehead atoms. The second-order valence-electron chi connectivity index (χ2n) is 26.0. The van der Waals surface area contributed by atoms with Crippen LogP contribution in [0.4, 0.5) is 0 Å². The van der Waals surface area contributed by atoms with Gasteiger partial charge in [0.05, 0.1) is 28.4 Å². The Morgan fingerprint density at radius 2 is 0.463 bits per heavy atom. The van der Waals surface area contributed by atoms with Gasteiger partial charge in [-0.25, -0.2) is 0 Å². The molecule has 0 unspecified atom stereocenters. The number of aryl methyl sites for hydroxylation is 8. The molecule has 0 saturated heterocycles. The van der Waals surface area contributed by atoms with Crippen molar-refractivity contribution in [1.29, 1.82) is 0 Å². The Labute approximate surface area is 483 Å². The smallest absolute Gasteiger partial charge is 0.119 e. The molecule has 0 amide bonds. The molecule has 0 radical (unpaired) electrons. The Bertz CT molecular complexity index is 4440. The van der Waals surface area contributed by atoms with Crippen LogP contribution in [-0.4, -0.2) is 28.4 Å². The van der Waals surface area contributed by atoms with Crippen molar-refractivity contribution in [3.63, 3.8) is 0 Å². The first-order valence-electron chi connectivity index (χ1n) is 29.0. The maximum Gasteiger partial charge on any atom is 0.119 e. The summed E-state index contributed by atoms with van der Waals surface area (Å²) in [6, 6.07) is 47.7. The molecule has 0 heterocycles. The fourth-order valence-electron chi connectivity index (χ4n) is 14.7. The lowest BCUT2D eigenvalue weighted by atomic mass is 9.77. The van der Waals surface area contributed by atoms with Crippen molar-refractivity contribution in [2.75, 3.05) is 28.4 Å². The van der Waals surface area contributed by atoms with Gasteiger partial charge in [0.1, 0.15) is 23.0 Å². The fourth-order valence-corrected chi connectivity index (χ4v) is 14.7. The lowest BCUT2D eigenvalue weighted by molar-refractivity contribution is 0.414. The number of rotatable bonds is 8. The molecule has 0 atom stereocenters. The van der Waals surface area contributed by atoms with Crippen molar-refractivity contribution >= 4 is 86.2 Å². The van der Waals surface area contributed by atoms with E-state index >= 15 is 0 Å². The maximum atomic E-state index is 5.95. The number of methoxy groups -OCH3 is 4. The molecular formula is C78H74O4. The van der Waals surface area contributed by atoms with Gasteiger partial charge >= 0.3 is 0 Å². The zero-order valence-corrected chi connectivity index (χ0v) is 51.2. The van der Waals surface area contributed by atoms with E-state index in [0.29, 0.717) is 0 Å². The molecule has 13 aromatic rings. The molecule has 0 fully saturated rings. The molecule has 0 aromatic heterocycles. The summed E-state index contributed by atoms with van der Waals surface area (Å²) < 4.78 is 23.7. The van der Waals surface area contributed by atoms with E-state index in [-0.39, 0.29) is 10.8 Å². The minimum Gasteiger partial charge on any atom is -0.497 e. The Morgan fingerprint density at radius 3 is 0.707 bits per heavy atom. The zero-order valence-electron chi connectivity index (χ0n) is 51.2. The highest BCUT2D eigenvalue weighted by atomic mass is 16.5. The van der Waals surface area contributed by atoms with Gasteiger partial charge in [0.15, 0.2) is 0 Å². The summed E-state index contributed by atoms with van der Waals surface area (Å²) in [5.41, 5.74) is 21.8. The van der Waals surface area contributed by atoms with Crippen molar-refractivity contribution in [3.8, 4) is 67.5 Å². The Morgan fingerprint density at radius 1 is 0.232 bits per heavy atom. The SMILES string of the molecule is COc1cc(C)c(-c2cc3cc(C(C)(C)C)cc4cc(-c5c(C)cc(OC)cc5C)c5c6cc7cc8c(-c9c(C)cc(OC)cc9C)cc9cc(C(C)(C)C)cc%10cc(-c%11c(C)cc(OC)cc%11C)c(c7cc6cc2c5c34)c8c9%10)c(C)c1. The van der Waals surface area contributed by atoms with Gasteiger partial charge in [-0.2, -0.15) is 0 Å². The predicted molar refractivity (Wildman–Crippen MR) is 352 cm³/mol. The normalized spacial score (nSPS) is 12.5. The number of hydrogen-bond donors (Lipinski definition) is 0. The highest BCUT2D eigenvalue weighted by molar-refractivity contribution is 6.39. The van der Waals surface area contributed by atoms with Crippen LogP contribution in [0.25, 0.3) is 131 Å². The average molecular weight is 1080 g/mol. The molecule has 0 aliphatic rings. The minimum absolute atomic E-state index is 0.0870. The summed E-state index contributed by atoms with van der Waals surface area (Å²) in [4.78, 5) is 0. The highest BCUT2D eigenvalue weighted by Gasteiger charge is 2.29. The quantitative estimate of drug-likeness (QED) is 0.112. The largest absolute Gasteiger partial charge is 0.497 e. The fraction of sp³-hybridized carbons (Fsp3) is 0.256. The second-order valence-corrected chi connectivity index (χ2v) is 26.0. The molecule has 13 aromatic carbocycles. The van der Waals surface area contributed by atoms with E-state index in [4.69, 9.17) is 18.9 Å². The van der Waals surface area contributed by atoms with Gasteiger partial charge < -0.3 is 18.9 Å². The van der Waals surface area contributed by atoms with E-state index in [0.717, 1.165) is 23.0 Å². The van der Waals surface area contributed by atoms with Crippen LogP contribution in [-0.2, 0) is 10.8 Å². The van der Waals surface area contributed by atoms with Crippen molar-refractivity contribution in [3.05, 3.63) is 177 Å². The Hall–Kier alpha value is -8.34. The van der Waals surface area contributed by atoms with E-state index in [1.165, 1.54) is 186 Å². The molecule has 82 heavy (non-hydrogen) atoms. The summed E-state index contributed by atoms with van der Waals surface area (Å²) in [5, 5.41) is 20.1. The lowest BCUT2D eigenvalue weighted by Gasteiger charge is -2.26. The van der Waals surface area contributed by atoms with Crippen molar-refractivity contribution in [1.82, 2.24) is 0 Å². The minimum atomic E-state index is -0.0870. The summed E-state index contributed by atoms with van der Waals surface area (Å²) in [7, 11) is 7.08. The van der Waals surface area contributed by atoms with Crippen molar-refractivity contribution < 1.29 is 18.9 Å². The first kappa shape index (κ1) is 53.0. The van der Waals surface area contributed by atoms with Crippen LogP contribution in [0.5, 0.6) is 23.0 Å². The van der Waals surface area contributed by atoms with Gasteiger partial charge in [-0.15, -0.1) is 0 Å². The monoisotopic (exact) mass is 1070 g/mol. The van der Waals surface area contributed by atoms with E-state index in [1.807, 2.05) is 0 Å². The third kappa shape index (κ3) is 7.99. The standard InChI is InChI=1S/C78H74O4/c1-39-19-55(79-15)20-40(2)67(39)61-35-49-27-53(77(9,10)11)29-51-37-65(69-43(5)23-57(81-17)24-44(69)6)73-59-32-48-34-64-62(68-41(3)21-56(80-16)22-42(68)4)36-50-28-54(78(12,13)14)30-52-38-66(70-45(7)25-58(82-18)26-46(70)8)74(76(64)72(50)52)60(48)31-47(59)33-63(61)75(73)71(49)51/h19-38H,1-18H3.